The zero-order valence-corrected chi connectivity index (χ0v) is 15.0. The van der Waals surface area contributed by atoms with Crippen LogP contribution in [0.5, 0.6) is 5.75 Å². The van der Waals surface area contributed by atoms with Crippen LogP contribution >= 0.6 is 0 Å². The van der Waals surface area contributed by atoms with Gasteiger partial charge in [-0.2, -0.15) is 0 Å². The first kappa shape index (κ1) is 18.6. The molecule has 1 aliphatic rings. The monoisotopic (exact) mass is 334 g/mol. The number of fused-ring (bicyclic) bond motifs is 1. The Hall–Kier alpha value is -1.75. The summed E-state index contributed by atoms with van der Waals surface area (Å²) in [5.41, 5.74) is 1.05. The van der Waals surface area contributed by atoms with Crippen molar-refractivity contribution in [3.05, 3.63) is 29.8 Å². The molecule has 5 heteroatoms. The number of nitrogens with zero attached hydrogens (tertiary/aromatic N) is 1. The van der Waals surface area contributed by atoms with Crippen LogP contribution in [0.2, 0.25) is 0 Å². The van der Waals surface area contributed by atoms with Crippen LogP contribution in [0.3, 0.4) is 0 Å². The van der Waals surface area contributed by atoms with Crippen LogP contribution in [0.1, 0.15) is 51.6 Å². The fourth-order valence-corrected chi connectivity index (χ4v) is 3.00. The molecule has 1 aromatic carbocycles. The van der Waals surface area contributed by atoms with Gasteiger partial charge in [0.2, 0.25) is 0 Å². The lowest BCUT2D eigenvalue weighted by Crippen LogP contribution is -2.45. The minimum absolute atomic E-state index is 0.0112. The number of ether oxygens (including phenoxy) is 1. The van der Waals surface area contributed by atoms with E-state index in [-0.39, 0.29) is 24.1 Å². The maximum absolute atomic E-state index is 12.8. The Balaban J connectivity index is 2.10. The Labute approximate surface area is 145 Å². The molecule has 5 nitrogen and oxygen atoms in total. The number of nitrogens with one attached hydrogen (secondary N) is 1. The summed E-state index contributed by atoms with van der Waals surface area (Å²) in [4.78, 5) is 14.6. The van der Waals surface area contributed by atoms with E-state index in [0.717, 1.165) is 24.2 Å². The summed E-state index contributed by atoms with van der Waals surface area (Å²) in [6.45, 7) is 8.32. The van der Waals surface area contributed by atoms with E-state index in [9.17, 15) is 4.79 Å². The van der Waals surface area contributed by atoms with Crippen molar-refractivity contribution in [1.29, 1.82) is 0 Å². The Kier molecular flexibility index (Phi) is 6.49. The molecule has 24 heavy (non-hydrogen) atoms. The second kappa shape index (κ2) is 8.38. The van der Waals surface area contributed by atoms with Crippen molar-refractivity contribution in [3.8, 4) is 5.75 Å². The number of aliphatic hydroxyl groups is 1. The quantitative estimate of drug-likeness (QED) is 0.868. The third kappa shape index (κ3) is 5.41. The summed E-state index contributed by atoms with van der Waals surface area (Å²) in [6, 6.07) is 7.81. The van der Waals surface area contributed by atoms with E-state index >= 15 is 0 Å². The zero-order chi connectivity index (χ0) is 17.6. The van der Waals surface area contributed by atoms with E-state index < -0.39 is 0 Å². The smallest absolute Gasteiger partial charge is 0.317 e. The molecule has 2 amide bonds. The number of rotatable bonds is 5. The first-order valence-corrected chi connectivity index (χ1v) is 8.79. The van der Waals surface area contributed by atoms with Gasteiger partial charge in [0.15, 0.2) is 0 Å². The normalized spacial score (nSPS) is 17.4. The summed E-state index contributed by atoms with van der Waals surface area (Å²) >= 11 is 0. The predicted molar refractivity (Wildman–Crippen MR) is 95.2 cm³/mol. The molecule has 0 saturated carbocycles. The predicted octanol–water partition coefficient (Wildman–Crippen LogP) is 3.34. The van der Waals surface area contributed by atoms with Gasteiger partial charge in [-0.15, -0.1) is 0 Å². The Morgan fingerprint density at radius 2 is 2.12 bits per heavy atom. The summed E-state index contributed by atoms with van der Waals surface area (Å²) in [5, 5.41) is 12.3. The SMILES string of the molecule is CC(C)(C)CN(CCCO)C(=O)NC1CCCOc2ccccc21. The van der Waals surface area contributed by atoms with E-state index in [0.29, 0.717) is 26.1 Å². The topological polar surface area (TPSA) is 61.8 Å². The third-order valence-electron chi connectivity index (χ3n) is 4.03. The van der Waals surface area contributed by atoms with Gasteiger partial charge in [0.05, 0.1) is 12.6 Å². The van der Waals surface area contributed by atoms with Crippen molar-refractivity contribution >= 4 is 6.03 Å². The maximum Gasteiger partial charge on any atom is 0.317 e. The molecule has 1 unspecified atom stereocenters. The molecule has 1 atom stereocenters. The molecule has 1 aromatic rings. The molecule has 2 rings (SSSR count). The molecule has 1 heterocycles. The average Bonchev–Trinajstić information content (AvgIpc) is 2.73. The van der Waals surface area contributed by atoms with Gasteiger partial charge in [0, 0.05) is 25.3 Å². The molecule has 0 aromatic heterocycles. The molecule has 134 valence electrons. The molecule has 0 aliphatic carbocycles. The second-order valence-corrected chi connectivity index (χ2v) is 7.59. The molecule has 0 bridgehead atoms. The number of amides is 2. The minimum atomic E-state index is -0.0694. The lowest BCUT2D eigenvalue weighted by atomic mass is 9.96. The Bertz CT molecular complexity index is 540. The first-order valence-electron chi connectivity index (χ1n) is 8.79. The van der Waals surface area contributed by atoms with Crippen LogP contribution in [0, 0.1) is 5.41 Å². The van der Waals surface area contributed by atoms with Crippen molar-refractivity contribution in [2.24, 2.45) is 5.41 Å². The van der Waals surface area contributed by atoms with Crippen molar-refractivity contribution in [1.82, 2.24) is 10.2 Å². The van der Waals surface area contributed by atoms with Crippen molar-refractivity contribution in [3.63, 3.8) is 0 Å². The van der Waals surface area contributed by atoms with Crippen LogP contribution in [0.4, 0.5) is 4.79 Å². The van der Waals surface area contributed by atoms with Gasteiger partial charge in [-0.25, -0.2) is 4.79 Å². The molecule has 0 radical (unpaired) electrons. The number of carbonyl (C=O) groups excluding carboxylic acids is 1. The number of urea groups is 1. The highest BCUT2D eigenvalue weighted by Crippen LogP contribution is 2.31. The molecule has 1 aliphatic heterocycles. The van der Waals surface area contributed by atoms with Gasteiger partial charge < -0.3 is 20.1 Å². The molecule has 2 N–H and O–H groups in total. The fourth-order valence-electron chi connectivity index (χ4n) is 3.00. The largest absolute Gasteiger partial charge is 0.493 e. The molecule has 0 fully saturated rings. The van der Waals surface area contributed by atoms with E-state index in [1.165, 1.54) is 0 Å². The van der Waals surface area contributed by atoms with Gasteiger partial charge in [0.1, 0.15) is 5.75 Å². The summed E-state index contributed by atoms with van der Waals surface area (Å²) in [6.07, 6.45) is 2.37. The number of hydrogen-bond donors (Lipinski definition) is 2. The highest BCUT2D eigenvalue weighted by molar-refractivity contribution is 5.75. The van der Waals surface area contributed by atoms with Gasteiger partial charge in [-0.1, -0.05) is 39.0 Å². The number of aliphatic hydroxyl groups excluding tert-OH is 1. The number of carbonyl (C=O) groups is 1. The van der Waals surface area contributed by atoms with Crippen molar-refractivity contribution in [2.45, 2.75) is 46.1 Å². The van der Waals surface area contributed by atoms with E-state index in [1.807, 2.05) is 29.2 Å². The van der Waals surface area contributed by atoms with E-state index in [1.54, 1.807) is 0 Å². The van der Waals surface area contributed by atoms with Crippen LogP contribution in [-0.4, -0.2) is 42.3 Å². The maximum atomic E-state index is 12.8. The Morgan fingerprint density at radius 1 is 1.38 bits per heavy atom. The first-order chi connectivity index (χ1) is 11.4. The third-order valence-corrected chi connectivity index (χ3v) is 4.03. The molecule has 0 saturated heterocycles. The van der Waals surface area contributed by atoms with Crippen LogP contribution in [-0.2, 0) is 0 Å². The van der Waals surface area contributed by atoms with E-state index in [2.05, 4.69) is 26.1 Å². The highest BCUT2D eigenvalue weighted by Gasteiger charge is 2.25. The fraction of sp³-hybridized carbons (Fsp3) is 0.632. The lowest BCUT2D eigenvalue weighted by Gasteiger charge is -2.31. The van der Waals surface area contributed by atoms with Crippen LogP contribution in [0.25, 0.3) is 0 Å². The summed E-state index contributed by atoms with van der Waals surface area (Å²) in [7, 11) is 0. The number of para-hydroxylation sites is 1. The highest BCUT2D eigenvalue weighted by atomic mass is 16.5. The number of benzene rings is 1. The minimum Gasteiger partial charge on any atom is -0.493 e. The average molecular weight is 334 g/mol. The molecular weight excluding hydrogens is 304 g/mol. The molecule has 0 spiro atoms. The summed E-state index contributed by atoms with van der Waals surface area (Å²) in [5.74, 6) is 0.859. The zero-order valence-electron chi connectivity index (χ0n) is 15.0. The number of hydrogen-bond acceptors (Lipinski definition) is 3. The van der Waals surface area contributed by atoms with Crippen LogP contribution < -0.4 is 10.1 Å². The van der Waals surface area contributed by atoms with Gasteiger partial charge in [-0.05, 0) is 30.7 Å². The lowest BCUT2D eigenvalue weighted by molar-refractivity contribution is 0.161. The van der Waals surface area contributed by atoms with Crippen LogP contribution in [0.15, 0.2) is 24.3 Å². The van der Waals surface area contributed by atoms with Gasteiger partial charge in [-0.3, -0.25) is 0 Å². The molecular formula is C19H30N2O3. The van der Waals surface area contributed by atoms with E-state index in [4.69, 9.17) is 9.84 Å². The standard InChI is InChI=1S/C19H30N2O3/c1-19(2,3)14-21(11-7-12-22)18(23)20-16-9-6-13-24-17-10-5-4-8-15(16)17/h4-5,8,10,16,22H,6-7,9,11-14H2,1-3H3,(H,20,23). The second-order valence-electron chi connectivity index (χ2n) is 7.59. The Morgan fingerprint density at radius 3 is 2.83 bits per heavy atom. The van der Waals surface area contributed by atoms with Gasteiger partial charge >= 0.3 is 6.03 Å². The van der Waals surface area contributed by atoms with Crippen molar-refractivity contribution < 1.29 is 14.6 Å². The summed E-state index contributed by atoms with van der Waals surface area (Å²) < 4.78 is 5.77. The van der Waals surface area contributed by atoms with Crippen molar-refractivity contribution in [2.75, 3.05) is 26.3 Å². The van der Waals surface area contributed by atoms with Gasteiger partial charge in [0.25, 0.3) is 0 Å².